The largest absolute Gasteiger partial charge is 0.493 e. The Morgan fingerprint density at radius 3 is 2.90 bits per heavy atom. The lowest BCUT2D eigenvalue weighted by atomic mass is 9.83. The fourth-order valence-electron chi connectivity index (χ4n) is 3.17. The highest BCUT2D eigenvalue weighted by molar-refractivity contribution is 9.08. The molecule has 110 valence electrons. The SMILES string of the molecule is Cc1ccc(OCC2CCCc3ccccc32)c(CBr)c1. The fraction of sp³-hybridized carbons (Fsp3) is 0.368. The zero-order valence-electron chi connectivity index (χ0n) is 12.4. The van der Waals surface area contributed by atoms with Crippen molar-refractivity contribution in [2.75, 3.05) is 6.61 Å². The average Bonchev–Trinajstić information content (AvgIpc) is 2.53. The molecule has 0 N–H and O–H groups in total. The highest BCUT2D eigenvalue weighted by Gasteiger charge is 2.20. The van der Waals surface area contributed by atoms with E-state index >= 15 is 0 Å². The molecular weight excluding hydrogens is 324 g/mol. The summed E-state index contributed by atoms with van der Waals surface area (Å²) in [5.74, 6) is 1.54. The van der Waals surface area contributed by atoms with Crippen LogP contribution in [0.5, 0.6) is 5.75 Å². The average molecular weight is 345 g/mol. The molecule has 0 bridgehead atoms. The van der Waals surface area contributed by atoms with Crippen molar-refractivity contribution >= 4 is 15.9 Å². The number of halogens is 1. The van der Waals surface area contributed by atoms with E-state index in [1.165, 1.54) is 41.5 Å². The summed E-state index contributed by atoms with van der Waals surface area (Å²) in [6.07, 6.45) is 3.71. The molecule has 21 heavy (non-hydrogen) atoms. The van der Waals surface area contributed by atoms with Crippen molar-refractivity contribution in [2.45, 2.75) is 37.4 Å². The van der Waals surface area contributed by atoms with E-state index in [1.807, 2.05) is 0 Å². The molecule has 2 aromatic carbocycles. The van der Waals surface area contributed by atoms with E-state index in [2.05, 4.69) is 65.3 Å². The van der Waals surface area contributed by atoms with Crippen LogP contribution in [0, 0.1) is 6.92 Å². The Labute approximate surface area is 135 Å². The molecule has 1 unspecified atom stereocenters. The molecule has 1 atom stereocenters. The van der Waals surface area contributed by atoms with Crippen LogP contribution in [0.2, 0.25) is 0 Å². The predicted molar refractivity (Wildman–Crippen MR) is 91.4 cm³/mol. The van der Waals surface area contributed by atoms with Crippen molar-refractivity contribution in [2.24, 2.45) is 0 Å². The molecule has 0 amide bonds. The van der Waals surface area contributed by atoms with Gasteiger partial charge < -0.3 is 4.74 Å². The highest BCUT2D eigenvalue weighted by atomic mass is 79.9. The minimum Gasteiger partial charge on any atom is -0.493 e. The van der Waals surface area contributed by atoms with Crippen LogP contribution in [0.1, 0.15) is 41.0 Å². The number of hydrogen-bond acceptors (Lipinski definition) is 1. The molecule has 0 spiro atoms. The van der Waals surface area contributed by atoms with Crippen molar-refractivity contribution in [3.63, 3.8) is 0 Å². The summed E-state index contributed by atoms with van der Waals surface area (Å²) in [7, 11) is 0. The Kier molecular flexibility index (Phi) is 4.64. The standard InChI is InChI=1S/C19H21BrO/c1-14-9-10-19(17(11-14)12-20)21-13-16-7-4-6-15-5-2-3-8-18(15)16/h2-3,5,8-11,16H,4,6-7,12-13H2,1H3. The maximum absolute atomic E-state index is 6.15. The molecule has 2 heteroatoms. The van der Waals surface area contributed by atoms with Crippen LogP contribution >= 0.6 is 15.9 Å². The van der Waals surface area contributed by atoms with Gasteiger partial charge in [-0.1, -0.05) is 57.9 Å². The van der Waals surface area contributed by atoms with Crippen molar-refractivity contribution in [3.05, 3.63) is 64.7 Å². The number of benzene rings is 2. The third kappa shape index (κ3) is 3.32. The zero-order valence-corrected chi connectivity index (χ0v) is 14.0. The van der Waals surface area contributed by atoms with Crippen LogP contribution in [0.15, 0.2) is 42.5 Å². The lowest BCUT2D eigenvalue weighted by Gasteiger charge is -2.26. The third-order valence-corrected chi connectivity index (χ3v) is 4.90. The smallest absolute Gasteiger partial charge is 0.123 e. The monoisotopic (exact) mass is 344 g/mol. The van der Waals surface area contributed by atoms with Gasteiger partial charge in [0.05, 0.1) is 6.61 Å². The number of fused-ring (bicyclic) bond motifs is 1. The van der Waals surface area contributed by atoms with Gasteiger partial charge in [-0.05, 0) is 43.4 Å². The molecule has 1 nitrogen and oxygen atoms in total. The molecule has 0 saturated heterocycles. The van der Waals surface area contributed by atoms with E-state index in [-0.39, 0.29) is 0 Å². The van der Waals surface area contributed by atoms with Crippen LogP contribution < -0.4 is 4.74 Å². The maximum Gasteiger partial charge on any atom is 0.123 e. The van der Waals surface area contributed by atoms with Crippen LogP contribution in [0.3, 0.4) is 0 Å². The first-order valence-electron chi connectivity index (χ1n) is 7.64. The van der Waals surface area contributed by atoms with Gasteiger partial charge in [-0.25, -0.2) is 0 Å². The number of alkyl halides is 1. The van der Waals surface area contributed by atoms with Crippen LogP contribution in [0.25, 0.3) is 0 Å². The number of ether oxygens (including phenoxy) is 1. The zero-order chi connectivity index (χ0) is 14.7. The summed E-state index contributed by atoms with van der Waals surface area (Å²) in [6, 6.07) is 15.2. The topological polar surface area (TPSA) is 9.23 Å². The van der Waals surface area contributed by atoms with Gasteiger partial charge in [-0.3, -0.25) is 0 Å². The maximum atomic E-state index is 6.15. The van der Waals surface area contributed by atoms with Crippen LogP contribution in [0.4, 0.5) is 0 Å². The summed E-state index contributed by atoms with van der Waals surface area (Å²) in [6.45, 7) is 2.90. The predicted octanol–water partition coefficient (Wildman–Crippen LogP) is 5.39. The molecule has 3 rings (SSSR count). The summed E-state index contributed by atoms with van der Waals surface area (Å²) < 4.78 is 6.15. The van der Waals surface area contributed by atoms with Gasteiger partial charge in [-0.15, -0.1) is 0 Å². The highest BCUT2D eigenvalue weighted by Crippen LogP contribution is 2.32. The molecular formula is C19H21BrO. The van der Waals surface area contributed by atoms with E-state index in [4.69, 9.17) is 4.74 Å². The van der Waals surface area contributed by atoms with Gasteiger partial charge in [0, 0.05) is 16.8 Å². The molecule has 0 aliphatic heterocycles. The Balaban J connectivity index is 1.74. The van der Waals surface area contributed by atoms with Crippen LogP contribution in [-0.4, -0.2) is 6.61 Å². The van der Waals surface area contributed by atoms with E-state index in [0.717, 1.165) is 17.7 Å². The number of aryl methyl sites for hydroxylation is 2. The van der Waals surface area contributed by atoms with Crippen molar-refractivity contribution < 1.29 is 4.74 Å². The van der Waals surface area contributed by atoms with Gasteiger partial charge in [0.2, 0.25) is 0 Å². The first-order chi connectivity index (χ1) is 10.3. The van der Waals surface area contributed by atoms with E-state index in [0.29, 0.717) is 5.92 Å². The second kappa shape index (κ2) is 6.65. The second-order valence-electron chi connectivity index (χ2n) is 5.84. The van der Waals surface area contributed by atoms with Gasteiger partial charge in [0.1, 0.15) is 5.75 Å². The van der Waals surface area contributed by atoms with Gasteiger partial charge in [0.25, 0.3) is 0 Å². The first-order valence-corrected chi connectivity index (χ1v) is 8.76. The minimum absolute atomic E-state index is 0.527. The lowest BCUT2D eigenvalue weighted by molar-refractivity contribution is 0.273. The minimum atomic E-state index is 0.527. The van der Waals surface area contributed by atoms with E-state index in [9.17, 15) is 0 Å². The number of rotatable bonds is 4. The Morgan fingerprint density at radius 2 is 2.05 bits per heavy atom. The fourth-order valence-corrected chi connectivity index (χ4v) is 3.61. The lowest BCUT2D eigenvalue weighted by Crippen LogP contribution is -2.17. The second-order valence-corrected chi connectivity index (χ2v) is 6.40. The quantitative estimate of drug-likeness (QED) is 0.675. The Hall–Kier alpha value is -1.28. The molecule has 2 aromatic rings. The van der Waals surface area contributed by atoms with Gasteiger partial charge in [-0.2, -0.15) is 0 Å². The first kappa shape index (κ1) is 14.6. The summed E-state index contributed by atoms with van der Waals surface area (Å²) >= 11 is 3.55. The molecule has 0 aromatic heterocycles. The molecule has 0 heterocycles. The molecule has 0 radical (unpaired) electrons. The van der Waals surface area contributed by atoms with Gasteiger partial charge in [0.15, 0.2) is 0 Å². The van der Waals surface area contributed by atoms with E-state index in [1.54, 1.807) is 0 Å². The molecule has 0 saturated carbocycles. The Bertz CT molecular complexity index is 621. The normalized spacial score (nSPS) is 17.3. The van der Waals surface area contributed by atoms with Crippen molar-refractivity contribution in [1.29, 1.82) is 0 Å². The van der Waals surface area contributed by atoms with Crippen LogP contribution in [-0.2, 0) is 11.8 Å². The summed E-state index contributed by atoms with van der Waals surface area (Å²) in [5.41, 5.74) is 5.50. The van der Waals surface area contributed by atoms with Crippen molar-refractivity contribution in [3.8, 4) is 5.75 Å². The third-order valence-electron chi connectivity index (χ3n) is 4.29. The molecule has 0 fully saturated rings. The molecule has 1 aliphatic rings. The van der Waals surface area contributed by atoms with Gasteiger partial charge >= 0.3 is 0 Å². The summed E-state index contributed by atoms with van der Waals surface area (Å²) in [4.78, 5) is 0. The summed E-state index contributed by atoms with van der Waals surface area (Å²) in [5, 5.41) is 0.839. The van der Waals surface area contributed by atoms with Crippen molar-refractivity contribution in [1.82, 2.24) is 0 Å². The van der Waals surface area contributed by atoms with E-state index < -0.39 is 0 Å². The molecule has 1 aliphatic carbocycles. The number of hydrogen-bond donors (Lipinski definition) is 0. The Morgan fingerprint density at radius 1 is 1.19 bits per heavy atom.